The van der Waals surface area contributed by atoms with Crippen LogP contribution in [0.4, 0.5) is 5.69 Å². The van der Waals surface area contributed by atoms with E-state index in [4.69, 9.17) is 11.6 Å². The highest BCUT2D eigenvalue weighted by Crippen LogP contribution is 2.22. The molecule has 148 valence electrons. The van der Waals surface area contributed by atoms with Gasteiger partial charge in [0, 0.05) is 56.3 Å². The number of hydrogen-bond acceptors (Lipinski definition) is 3. The monoisotopic (exact) mass is 393 g/mol. The molecule has 1 atom stereocenters. The molecule has 1 aliphatic heterocycles. The van der Waals surface area contributed by atoms with Crippen LogP contribution < -0.4 is 16.0 Å². The van der Waals surface area contributed by atoms with Crippen LogP contribution in [0.15, 0.2) is 23.2 Å². The summed E-state index contributed by atoms with van der Waals surface area (Å²) in [5.41, 5.74) is 1.58. The van der Waals surface area contributed by atoms with Gasteiger partial charge >= 0.3 is 0 Å². The van der Waals surface area contributed by atoms with Gasteiger partial charge in [-0.1, -0.05) is 24.6 Å². The third-order valence-electron chi connectivity index (χ3n) is 4.59. The number of benzene rings is 1. The van der Waals surface area contributed by atoms with Gasteiger partial charge in [-0.15, -0.1) is 0 Å². The first-order valence-electron chi connectivity index (χ1n) is 9.24. The lowest BCUT2D eigenvalue weighted by Gasteiger charge is -2.18. The molecule has 0 spiro atoms. The average molecular weight is 394 g/mol. The second-order valence-electron chi connectivity index (χ2n) is 6.53. The molecule has 3 N–H and O–H groups in total. The Bertz CT molecular complexity index is 707. The van der Waals surface area contributed by atoms with E-state index in [-0.39, 0.29) is 17.9 Å². The second-order valence-corrected chi connectivity index (χ2v) is 6.94. The van der Waals surface area contributed by atoms with E-state index in [0.717, 1.165) is 24.2 Å². The number of rotatable bonds is 6. The van der Waals surface area contributed by atoms with E-state index >= 15 is 0 Å². The minimum atomic E-state index is -0.0936. The Balaban J connectivity index is 1.74. The molecule has 1 unspecified atom stereocenters. The molecule has 0 aliphatic carbocycles. The Labute approximate surface area is 165 Å². The molecular weight excluding hydrogens is 366 g/mol. The SMILES string of the molecule is CCC(=O)N1CCC(NC(=NC)NCCC(=O)Nc2cccc(Cl)c2C)C1. The van der Waals surface area contributed by atoms with Gasteiger partial charge < -0.3 is 20.9 Å². The van der Waals surface area contributed by atoms with E-state index in [1.54, 1.807) is 13.1 Å². The highest BCUT2D eigenvalue weighted by Gasteiger charge is 2.25. The van der Waals surface area contributed by atoms with Crippen molar-refractivity contribution in [3.8, 4) is 0 Å². The predicted molar refractivity (Wildman–Crippen MR) is 109 cm³/mol. The van der Waals surface area contributed by atoms with Gasteiger partial charge in [0.25, 0.3) is 0 Å². The zero-order valence-electron chi connectivity index (χ0n) is 16.1. The summed E-state index contributed by atoms with van der Waals surface area (Å²) in [6.07, 6.45) is 1.72. The van der Waals surface area contributed by atoms with E-state index in [2.05, 4.69) is 20.9 Å². The lowest BCUT2D eigenvalue weighted by atomic mass is 10.2. The molecule has 0 bridgehead atoms. The summed E-state index contributed by atoms with van der Waals surface area (Å²) in [4.78, 5) is 30.0. The molecule has 0 radical (unpaired) electrons. The van der Waals surface area contributed by atoms with Crippen molar-refractivity contribution in [1.29, 1.82) is 0 Å². The van der Waals surface area contributed by atoms with Gasteiger partial charge in [0.2, 0.25) is 11.8 Å². The number of carbonyl (C=O) groups is 2. The number of amides is 2. The van der Waals surface area contributed by atoms with Crippen molar-refractivity contribution in [2.45, 2.75) is 39.2 Å². The summed E-state index contributed by atoms with van der Waals surface area (Å²) < 4.78 is 0. The molecule has 0 aromatic heterocycles. The van der Waals surface area contributed by atoms with E-state index in [1.807, 2.05) is 30.9 Å². The number of halogens is 1. The minimum Gasteiger partial charge on any atom is -0.356 e. The standard InChI is InChI=1S/C19H28ClN5O2/c1-4-18(27)25-11-9-14(12-25)23-19(21-3)22-10-8-17(26)24-16-7-5-6-15(20)13(16)2/h5-7,14H,4,8-12H2,1-3H3,(H,24,26)(H2,21,22,23). The molecule has 1 aliphatic rings. The molecule has 27 heavy (non-hydrogen) atoms. The summed E-state index contributed by atoms with van der Waals surface area (Å²) in [5, 5.41) is 9.96. The number of anilines is 1. The molecule has 1 fully saturated rings. The van der Waals surface area contributed by atoms with Gasteiger partial charge in [-0.25, -0.2) is 0 Å². The minimum absolute atomic E-state index is 0.0936. The van der Waals surface area contributed by atoms with Gasteiger partial charge in [0.1, 0.15) is 0 Å². The maximum atomic E-state index is 12.1. The highest BCUT2D eigenvalue weighted by molar-refractivity contribution is 6.31. The molecule has 0 saturated carbocycles. The first kappa shape index (κ1) is 21.0. The van der Waals surface area contributed by atoms with Crippen LogP contribution in [0.3, 0.4) is 0 Å². The van der Waals surface area contributed by atoms with E-state index in [1.165, 1.54) is 0 Å². The fourth-order valence-electron chi connectivity index (χ4n) is 2.97. The molecule has 8 heteroatoms. The van der Waals surface area contributed by atoms with Gasteiger partial charge in [0.05, 0.1) is 0 Å². The third kappa shape index (κ3) is 6.13. The maximum Gasteiger partial charge on any atom is 0.226 e. The van der Waals surface area contributed by atoms with Crippen molar-refractivity contribution in [3.05, 3.63) is 28.8 Å². The molecule has 2 rings (SSSR count). The number of hydrogen-bond donors (Lipinski definition) is 3. The number of nitrogens with zero attached hydrogens (tertiary/aromatic N) is 2. The zero-order chi connectivity index (χ0) is 19.8. The van der Waals surface area contributed by atoms with Gasteiger partial charge in [-0.3, -0.25) is 14.6 Å². The fraction of sp³-hybridized carbons (Fsp3) is 0.526. The van der Waals surface area contributed by atoms with E-state index < -0.39 is 0 Å². The molecule has 1 aromatic rings. The Hall–Kier alpha value is -2.28. The van der Waals surface area contributed by atoms with E-state index in [0.29, 0.717) is 36.9 Å². The summed E-state index contributed by atoms with van der Waals surface area (Å²) in [6.45, 7) is 5.65. The normalized spacial score (nSPS) is 17.0. The first-order chi connectivity index (χ1) is 12.9. The van der Waals surface area contributed by atoms with Crippen LogP contribution in [0.2, 0.25) is 5.02 Å². The number of nitrogens with one attached hydrogen (secondary N) is 3. The third-order valence-corrected chi connectivity index (χ3v) is 5.00. The van der Waals surface area contributed by atoms with Gasteiger partial charge in [0.15, 0.2) is 5.96 Å². The van der Waals surface area contributed by atoms with Crippen molar-refractivity contribution >= 4 is 35.1 Å². The average Bonchev–Trinajstić information content (AvgIpc) is 3.12. The lowest BCUT2D eigenvalue weighted by Crippen LogP contribution is -2.45. The molecule has 2 amide bonds. The Kier molecular flexibility index (Phi) is 7.91. The molecule has 1 heterocycles. The summed E-state index contributed by atoms with van der Waals surface area (Å²) in [7, 11) is 1.69. The zero-order valence-corrected chi connectivity index (χ0v) is 16.9. The van der Waals surface area contributed by atoms with Gasteiger partial charge in [-0.05, 0) is 31.0 Å². The molecular formula is C19H28ClN5O2. The largest absolute Gasteiger partial charge is 0.356 e. The molecule has 1 aromatic carbocycles. The lowest BCUT2D eigenvalue weighted by molar-refractivity contribution is -0.129. The van der Waals surface area contributed by atoms with E-state index in [9.17, 15) is 9.59 Å². The molecule has 1 saturated heterocycles. The van der Waals surface area contributed by atoms with Crippen molar-refractivity contribution in [3.63, 3.8) is 0 Å². The quantitative estimate of drug-likeness (QED) is 0.510. The van der Waals surface area contributed by atoms with Crippen LogP contribution in [0.1, 0.15) is 31.7 Å². The van der Waals surface area contributed by atoms with Gasteiger partial charge in [-0.2, -0.15) is 0 Å². The Morgan fingerprint density at radius 3 is 2.85 bits per heavy atom. The van der Waals surface area contributed by atoms with Crippen LogP contribution >= 0.6 is 11.6 Å². The molecule has 7 nitrogen and oxygen atoms in total. The van der Waals surface area contributed by atoms with Crippen LogP contribution in [0, 0.1) is 6.92 Å². The van der Waals surface area contributed by atoms with Crippen molar-refractivity contribution in [2.24, 2.45) is 4.99 Å². The predicted octanol–water partition coefficient (Wildman–Crippen LogP) is 2.15. The van der Waals surface area contributed by atoms with Crippen LogP contribution in [0.5, 0.6) is 0 Å². The van der Waals surface area contributed by atoms with Crippen LogP contribution in [-0.2, 0) is 9.59 Å². The fourth-order valence-corrected chi connectivity index (χ4v) is 3.14. The number of likely N-dealkylation sites (tertiary alicyclic amines) is 1. The topological polar surface area (TPSA) is 85.8 Å². The smallest absolute Gasteiger partial charge is 0.226 e. The first-order valence-corrected chi connectivity index (χ1v) is 9.62. The van der Waals surface area contributed by atoms with Crippen LogP contribution in [0.25, 0.3) is 0 Å². The number of carbonyl (C=O) groups excluding carboxylic acids is 2. The summed E-state index contributed by atoms with van der Waals surface area (Å²) >= 11 is 6.07. The number of guanidine groups is 1. The summed E-state index contributed by atoms with van der Waals surface area (Å²) in [5.74, 6) is 0.719. The summed E-state index contributed by atoms with van der Waals surface area (Å²) in [6, 6.07) is 5.61. The Morgan fingerprint density at radius 2 is 2.15 bits per heavy atom. The Morgan fingerprint density at radius 1 is 1.37 bits per heavy atom. The maximum absolute atomic E-state index is 12.1. The number of aliphatic imine (C=N–C) groups is 1. The van der Waals surface area contributed by atoms with Crippen molar-refractivity contribution in [2.75, 3.05) is 32.0 Å². The van der Waals surface area contributed by atoms with Crippen molar-refractivity contribution < 1.29 is 9.59 Å². The second kappa shape index (κ2) is 10.2. The highest BCUT2D eigenvalue weighted by atomic mass is 35.5. The van der Waals surface area contributed by atoms with Crippen LogP contribution in [-0.4, -0.2) is 55.4 Å². The van der Waals surface area contributed by atoms with Crippen molar-refractivity contribution in [1.82, 2.24) is 15.5 Å².